The van der Waals surface area contributed by atoms with Crippen LogP contribution in [0.25, 0.3) is 0 Å². The molecule has 3 fully saturated rings. The van der Waals surface area contributed by atoms with Gasteiger partial charge in [0, 0.05) is 6.54 Å². The average molecular weight is 153 g/mol. The van der Waals surface area contributed by atoms with E-state index in [0.717, 1.165) is 12.5 Å². The second kappa shape index (κ2) is 2.95. The summed E-state index contributed by atoms with van der Waals surface area (Å²) >= 11 is 0. The Morgan fingerprint density at radius 2 is 2.18 bits per heavy atom. The molecule has 0 aromatic heterocycles. The molecular weight excluding hydrogens is 138 g/mol. The van der Waals surface area contributed by atoms with E-state index in [0.29, 0.717) is 0 Å². The molecule has 3 rings (SSSR count). The zero-order valence-corrected chi connectivity index (χ0v) is 6.79. The maximum absolute atomic E-state index is 8.75. The topological polar surface area (TPSA) is 23.5 Å². The van der Waals surface area contributed by atoms with Crippen LogP contribution in [0.1, 0.15) is 12.8 Å². The van der Waals surface area contributed by atoms with Crippen LogP contribution in [-0.4, -0.2) is 36.2 Å². The van der Waals surface area contributed by atoms with Crippen molar-refractivity contribution in [1.82, 2.24) is 4.90 Å². The van der Waals surface area contributed by atoms with Crippen LogP contribution in [0, 0.1) is 5.92 Å². The first-order valence-corrected chi connectivity index (χ1v) is 4.42. The van der Waals surface area contributed by atoms with Gasteiger partial charge in [0.1, 0.15) is 0 Å². The third kappa shape index (κ3) is 1.33. The van der Waals surface area contributed by atoms with Gasteiger partial charge >= 0.3 is 0 Å². The molecule has 0 saturated carbocycles. The fourth-order valence-corrected chi connectivity index (χ4v) is 2.20. The molecule has 0 aromatic rings. The van der Waals surface area contributed by atoms with Gasteiger partial charge in [0.05, 0.1) is 6.61 Å². The third-order valence-electron chi connectivity index (χ3n) is 2.87. The van der Waals surface area contributed by atoms with Crippen molar-refractivity contribution in [2.24, 2.45) is 5.92 Å². The van der Waals surface area contributed by atoms with E-state index in [9.17, 15) is 0 Å². The van der Waals surface area contributed by atoms with Gasteiger partial charge in [0.2, 0.25) is 0 Å². The van der Waals surface area contributed by atoms with Gasteiger partial charge in [0.25, 0.3) is 0 Å². The zero-order valence-electron chi connectivity index (χ0n) is 6.79. The number of aliphatic hydroxyl groups excluding tert-OH is 1. The highest BCUT2D eigenvalue weighted by Gasteiger charge is 2.28. The third-order valence-corrected chi connectivity index (χ3v) is 2.87. The Kier molecular flexibility index (Phi) is 1.96. The Morgan fingerprint density at radius 3 is 2.64 bits per heavy atom. The highest BCUT2D eigenvalue weighted by Crippen LogP contribution is 2.31. The Hall–Kier alpha value is -0.340. The van der Waals surface area contributed by atoms with Crippen LogP contribution in [0.5, 0.6) is 0 Å². The summed E-state index contributed by atoms with van der Waals surface area (Å²) in [5.41, 5.74) is 1.48. The normalized spacial score (nSPS) is 39.9. The maximum atomic E-state index is 8.75. The van der Waals surface area contributed by atoms with Crippen molar-refractivity contribution in [3.05, 3.63) is 11.6 Å². The second-order valence-electron chi connectivity index (χ2n) is 3.51. The van der Waals surface area contributed by atoms with Crippen LogP contribution in [0.3, 0.4) is 0 Å². The second-order valence-corrected chi connectivity index (χ2v) is 3.51. The standard InChI is InChI=1S/C9H15NO/c11-6-3-9-7-10-4-1-8(9)2-5-10/h3,8,11H,1-2,4-7H2/b9-3+. The first kappa shape index (κ1) is 7.32. The molecule has 2 nitrogen and oxygen atoms in total. The first-order chi connectivity index (χ1) is 5.40. The molecule has 1 N–H and O–H groups in total. The quantitative estimate of drug-likeness (QED) is 0.558. The molecule has 0 radical (unpaired) electrons. The lowest BCUT2D eigenvalue weighted by Gasteiger charge is -2.41. The fourth-order valence-electron chi connectivity index (χ4n) is 2.20. The molecule has 11 heavy (non-hydrogen) atoms. The summed E-state index contributed by atoms with van der Waals surface area (Å²) in [4.78, 5) is 2.47. The van der Waals surface area contributed by atoms with E-state index in [1.807, 2.05) is 6.08 Å². The van der Waals surface area contributed by atoms with Gasteiger partial charge in [0.15, 0.2) is 0 Å². The van der Waals surface area contributed by atoms with Crippen molar-refractivity contribution < 1.29 is 5.11 Å². The molecule has 3 saturated heterocycles. The van der Waals surface area contributed by atoms with Crippen LogP contribution in [0.2, 0.25) is 0 Å². The lowest BCUT2D eigenvalue weighted by atomic mass is 9.84. The molecule has 3 heterocycles. The predicted molar refractivity (Wildman–Crippen MR) is 44.3 cm³/mol. The molecule has 62 valence electrons. The highest BCUT2D eigenvalue weighted by atomic mass is 16.2. The van der Waals surface area contributed by atoms with Gasteiger partial charge in [-0.3, -0.25) is 4.90 Å². The van der Waals surface area contributed by atoms with Crippen LogP contribution in [0.15, 0.2) is 11.6 Å². The van der Waals surface area contributed by atoms with Gasteiger partial charge in [-0.2, -0.15) is 0 Å². The van der Waals surface area contributed by atoms with Crippen molar-refractivity contribution in [3.63, 3.8) is 0 Å². The minimum Gasteiger partial charge on any atom is -0.392 e. The molecule has 3 aliphatic rings. The number of piperidine rings is 3. The molecule has 0 unspecified atom stereocenters. The summed E-state index contributed by atoms with van der Waals surface area (Å²) < 4.78 is 0. The Bertz CT molecular complexity index is 168. The molecule has 0 amide bonds. The maximum Gasteiger partial charge on any atom is 0.0615 e. The van der Waals surface area contributed by atoms with Crippen molar-refractivity contribution in [3.8, 4) is 0 Å². The van der Waals surface area contributed by atoms with E-state index in [1.54, 1.807) is 0 Å². The van der Waals surface area contributed by atoms with Crippen LogP contribution < -0.4 is 0 Å². The van der Waals surface area contributed by atoms with E-state index in [1.165, 1.54) is 31.5 Å². The van der Waals surface area contributed by atoms with Crippen LogP contribution in [-0.2, 0) is 0 Å². The van der Waals surface area contributed by atoms with E-state index < -0.39 is 0 Å². The largest absolute Gasteiger partial charge is 0.392 e. The minimum atomic E-state index is 0.222. The van der Waals surface area contributed by atoms with Crippen LogP contribution in [0.4, 0.5) is 0 Å². The number of hydrogen-bond donors (Lipinski definition) is 1. The monoisotopic (exact) mass is 153 g/mol. The SMILES string of the molecule is OC/C=C1\CN2CCC1CC2. The highest BCUT2D eigenvalue weighted by molar-refractivity contribution is 5.14. The average Bonchev–Trinajstić information content (AvgIpc) is 2.07. The number of rotatable bonds is 1. The molecule has 0 aliphatic carbocycles. The molecular formula is C9H15NO. The number of aliphatic hydroxyl groups is 1. The summed E-state index contributed by atoms with van der Waals surface area (Å²) in [6.07, 6.45) is 4.62. The van der Waals surface area contributed by atoms with E-state index in [4.69, 9.17) is 5.11 Å². The number of hydrogen-bond acceptors (Lipinski definition) is 2. The number of fused-ring (bicyclic) bond motifs is 3. The Morgan fingerprint density at radius 1 is 1.45 bits per heavy atom. The molecule has 0 aromatic carbocycles. The van der Waals surface area contributed by atoms with Crippen LogP contribution >= 0.6 is 0 Å². The lowest BCUT2D eigenvalue weighted by molar-refractivity contribution is 0.160. The van der Waals surface area contributed by atoms with Crippen molar-refractivity contribution >= 4 is 0 Å². The molecule has 2 heteroatoms. The summed E-state index contributed by atoms with van der Waals surface area (Å²) in [6.45, 7) is 3.88. The zero-order chi connectivity index (χ0) is 7.68. The van der Waals surface area contributed by atoms with E-state index in [-0.39, 0.29) is 6.61 Å². The van der Waals surface area contributed by atoms with E-state index >= 15 is 0 Å². The van der Waals surface area contributed by atoms with Crippen molar-refractivity contribution in [2.45, 2.75) is 12.8 Å². The summed E-state index contributed by atoms with van der Waals surface area (Å²) in [6, 6.07) is 0. The van der Waals surface area contributed by atoms with E-state index in [2.05, 4.69) is 4.90 Å². The fraction of sp³-hybridized carbons (Fsp3) is 0.778. The Balaban J connectivity index is 2.08. The van der Waals surface area contributed by atoms with Gasteiger partial charge in [-0.15, -0.1) is 0 Å². The smallest absolute Gasteiger partial charge is 0.0615 e. The summed E-state index contributed by atoms with van der Waals surface area (Å²) in [5, 5.41) is 8.75. The predicted octanol–water partition coefficient (Wildman–Crippen LogP) is 0.631. The van der Waals surface area contributed by atoms with Gasteiger partial charge in [-0.05, 0) is 31.8 Å². The molecule has 0 atom stereocenters. The lowest BCUT2D eigenvalue weighted by Crippen LogP contribution is -2.43. The summed E-state index contributed by atoms with van der Waals surface area (Å²) in [5.74, 6) is 0.798. The molecule has 2 bridgehead atoms. The first-order valence-electron chi connectivity index (χ1n) is 4.42. The van der Waals surface area contributed by atoms with Gasteiger partial charge < -0.3 is 5.11 Å². The summed E-state index contributed by atoms with van der Waals surface area (Å²) in [7, 11) is 0. The van der Waals surface area contributed by atoms with Crippen molar-refractivity contribution in [1.29, 1.82) is 0 Å². The Labute approximate surface area is 67.5 Å². The van der Waals surface area contributed by atoms with Crippen molar-refractivity contribution in [2.75, 3.05) is 26.2 Å². The minimum absolute atomic E-state index is 0.222. The van der Waals surface area contributed by atoms with Gasteiger partial charge in [-0.25, -0.2) is 0 Å². The molecule has 3 aliphatic heterocycles. The van der Waals surface area contributed by atoms with Gasteiger partial charge in [-0.1, -0.05) is 11.6 Å². The number of nitrogens with zero attached hydrogens (tertiary/aromatic N) is 1. The molecule has 0 spiro atoms.